The summed E-state index contributed by atoms with van der Waals surface area (Å²) in [6.07, 6.45) is 6.71. The molecule has 2 aliphatic heterocycles. The van der Waals surface area contributed by atoms with Gasteiger partial charge in [0, 0.05) is 91.9 Å². The number of amides is 1. The van der Waals surface area contributed by atoms with Gasteiger partial charge in [-0.25, -0.2) is 0 Å². The first-order chi connectivity index (χ1) is 28.6. The maximum atomic E-state index is 13.7. The van der Waals surface area contributed by atoms with E-state index >= 15 is 0 Å². The zero-order valence-corrected chi connectivity index (χ0v) is 36.3. The van der Waals surface area contributed by atoms with Gasteiger partial charge in [-0.15, -0.1) is 6.42 Å². The molecule has 7 rings (SSSR count). The first-order valence-electron chi connectivity index (χ1n) is 21.3. The third-order valence-corrected chi connectivity index (χ3v) is 13.5. The van der Waals surface area contributed by atoms with E-state index in [0.29, 0.717) is 37.2 Å². The molecule has 1 amide bonds. The molecule has 0 aromatic heterocycles. The van der Waals surface area contributed by atoms with E-state index in [1.165, 1.54) is 0 Å². The fourth-order valence-corrected chi connectivity index (χ4v) is 10.4. The molecule has 2 atom stereocenters. The Labute approximate surface area is 355 Å². The molecule has 4 fully saturated rings. The first kappa shape index (κ1) is 42.9. The number of carbonyl (C=O) groups is 4. The van der Waals surface area contributed by atoms with Crippen molar-refractivity contribution in [3.63, 3.8) is 0 Å². The zero-order chi connectivity index (χ0) is 42.9. The van der Waals surface area contributed by atoms with Crippen LogP contribution < -0.4 is 24.6 Å². The number of benzene rings is 3. The summed E-state index contributed by atoms with van der Waals surface area (Å²) >= 11 is 0. The maximum absolute atomic E-state index is 13.7. The molecule has 11 heteroatoms. The average Bonchev–Trinajstić information content (AvgIpc) is 3.22. The molecule has 318 valence electrons. The van der Waals surface area contributed by atoms with Crippen molar-refractivity contribution in [2.45, 2.75) is 85.5 Å². The van der Waals surface area contributed by atoms with Crippen molar-refractivity contribution in [1.82, 2.24) is 10.2 Å². The number of terminal acetylenes is 1. The van der Waals surface area contributed by atoms with Crippen molar-refractivity contribution in [2.24, 2.45) is 16.7 Å². The number of nitrogens with one attached hydrogen (secondary N) is 1. The number of hydrogen-bond donors (Lipinski definition) is 1. The third kappa shape index (κ3) is 8.82. The number of ether oxygens (including phenoxy) is 3. The molecule has 2 aliphatic carbocycles. The molecule has 60 heavy (non-hydrogen) atoms. The fraction of sp³-hybridized carbons (Fsp3) is 0.510. The van der Waals surface area contributed by atoms with E-state index in [9.17, 15) is 19.2 Å². The molecule has 3 aromatic carbocycles. The predicted molar refractivity (Wildman–Crippen MR) is 233 cm³/mol. The summed E-state index contributed by atoms with van der Waals surface area (Å²) < 4.78 is 18.6. The normalized spacial score (nSPS) is 24.0. The van der Waals surface area contributed by atoms with E-state index in [2.05, 4.69) is 65.8 Å². The van der Waals surface area contributed by atoms with E-state index in [0.717, 1.165) is 85.2 Å². The summed E-state index contributed by atoms with van der Waals surface area (Å²) in [6.45, 7) is 19.2. The van der Waals surface area contributed by atoms with Crippen LogP contribution in [0.3, 0.4) is 0 Å². The third-order valence-electron chi connectivity index (χ3n) is 13.5. The molecular weight excluding hydrogens is 757 g/mol. The number of nitrogens with zero attached hydrogens (tertiary/aromatic N) is 3. The van der Waals surface area contributed by atoms with Gasteiger partial charge in [0.1, 0.15) is 23.4 Å². The van der Waals surface area contributed by atoms with E-state index in [1.54, 1.807) is 19.2 Å². The monoisotopic (exact) mass is 816 g/mol. The molecule has 0 spiro atoms. The molecule has 3 aromatic rings. The van der Waals surface area contributed by atoms with Crippen LogP contribution in [-0.4, -0.2) is 106 Å². The fourth-order valence-electron chi connectivity index (χ4n) is 10.4. The Balaban J connectivity index is 0.889. The highest BCUT2D eigenvalue weighted by Crippen LogP contribution is 2.61. The van der Waals surface area contributed by atoms with Crippen molar-refractivity contribution < 1.29 is 33.4 Å². The second-order valence-corrected chi connectivity index (χ2v) is 18.3. The lowest BCUT2D eigenvalue weighted by molar-refractivity contribution is -0.196. The summed E-state index contributed by atoms with van der Waals surface area (Å²) in [4.78, 5) is 57.6. The number of morpholine rings is 1. The average molecular weight is 817 g/mol. The molecule has 1 N–H and O–H groups in total. The lowest BCUT2D eigenvalue weighted by Gasteiger charge is -2.63. The summed E-state index contributed by atoms with van der Waals surface area (Å²) in [5.74, 6) is 3.86. The molecule has 0 bridgehead atoms. The van der Waals surface area contributed by atoms with Crippen LogP contribution >= 0.6 is 0 Å². The molecule has 11 nitrogen and oxygen atoms in total. The Bertz CT molecular complexity index is 2130. The quantitative estimate of drug-likeness (QED) is 0.124. The minimum atomic E-state index is -0.635. The smallest absolute Gasteiger partial charge is 0.251 e. The predicted octanol–water partition coefficient (Wildman–Crippen LogP) is 6.44. The lowest BCUT2D eigenvalue weighted by atomic mass is 9.44. The van der Waals surface area contributed by atoms with Gasteiger partial charge in [-0.3, -0.25) is 24.1 Å². The Morgan fingerprint density at radius 1 is 0.900 bits per heavy atom. The topological polar surface area (TPSA) is 118 Å². The van der Waals surface area contributed by atoms with Crippen molar-refractivity contribution in [3.05, 3.63) is 82.4 Å². The van der Waals surface area contributed by atoms with Crippen LogP contribution in [0.15, 0.2) is 54.6 Å². The van der Waals surface area contributed by atoms with Crippen molar-refractivity contribution in [3.8, 4) is 23.8 Å². The van der Waals surface area contributed by atoms with Gasteiger partial charge in [0.2, 0.25) is 0 Å². The number of aryl methyl sites for hydroxylation is 2. The van der Waals surface area contributed by atoms with Crippen LogP contribution in [0.5, 0.6) is 11.5 Å². The van der Waals surface area contributed by atoms with E-state index < -0.39 is 6.04 Å². The molecule has 1 unspecified atom stereocenters. The Hall–Kier alpha value is -5.18. The lowest BCUT2D eigenvalue weighted by Crippen LogP contribution is -2.66. The highest BCUT2D eigenvalue weighted by atomic mass is 16.5. The Kier molecular flexibility index (Phi) is 12.5. The summed E-state index contributed by atoms with van der Waals surface area (Å²) in [5, 5.41) is 2.79. The van der Waals surface area contributed by atoms with Gasteiger partial charge < -0.3 is 29.3 Å². The summed E-state index contributed by atoms with van der Waals surface area (Å²) in [7, 11) is 1.59. The van der Waals surface area contributed by atoms with Crippen LogP contribution in [-0.2, 0) is 14.3 Å². The zero-order valence-electron chi connectivity index (χ0n) is 36.3. The number of Topliss-reactive ketones (excluding diaryl/α,β-unsaturated/α-hetero) is 3. The number of anilines is 2. The van der Waals surface area contributed by atoms with Gasteiger partial charge in [-0.05, 0) is 91.9 Å². The molecule has 2 saturated heterocycles. The highest BCUT2D eigenvalue weighted by Gasteiger charge is 2.63. The number of methoxy groups -OCH3 is 1. The van der Waals surface area contributed by atoms with Crippen LogP contribution in [0.25, 0.3) is 0 Å². The number of rotatable bonds is 12. The minimum absolute atomic E-state index is 0.0430. The van der Waals surface area contributed by atoms with Gasteiger partial charge in [-0.1, -0.05) is 33.6 Å². The van der Waals surface area contributed by atoms with E-state index in [1.807, 2.05) is 44.2 Å². The molecule has 2 heterocycles. The van der Waals surface area contributed by atoms with Gasteiger partial charge in [-0.2, -0.15) is 0 Å². The largest absolute Gasteiger partial charge is 0.495 e. The van der Waals surface area contributed by atoms with Crippen molar-refractivity contribution in [2.75, 3.05) is 69.3 Å². The van der Waals surface area contributed by atoms with Crippen molar-refractivity contribution >= 4 is 34.6 Å². The van der Waals surface area contributed by atoms with Gasteiger partial charge in [0.05, 0.1) is 38.0 Å². The Morgan fingerprint density at radius 2 is 1.57 bits per heavy atom. The summed E-state index contributed by atoms with van der Waals surface area (Å²) in [5.41, 5.74) is 5.75. The van der Waals surface area contributed by atoms with Crippen molar-refractivity contribution in [1.29, 1.82) is 0 Å². The first-order valence-corrected chi connectivity index (χ1v) is 21.3. The highest BCUT2D eigenvalue weighted by molar-refractivity contribution is 6.06. The van der Waals surface area contributed by atoms with Gasteiger partial charge >= 0.3 is 0 Å². The van der Waals surface area contributed by atoms with E-state index in [4.69, 9.17) is 20.6 Å². The standard InChI is InChI=1S/C49H60N4O7/c1-9-39-31(2)24-37(25-32(39)3)60-47-48(4,5)45(49(47,6)7)28-42(55)33-10-13-35(14-11-33)53-22-23-59-38(30-53)29-51-18-20-52(21-19-51)41-17-12-34(26-44(41)58-8)46(57)50-40-16-15-36(54)27-43(40)56/h1,10-14,17,24-26,38,40,45,47H,15-16,18-23,27-30H2,2-8H3,(H,50,57)/t38-,40?,45?,47?/m0/s1. The molecule has 0 radical (unpaired) electrons. The molecule has 4 aliphatic rings. The second-order valence-electron chi connectivity index (χ2n) is 18.3. The molecular formula is C49H60N4O7. The van der Waals surface area contributed by atoms with Crippen LogP contribution in [0.1, 0.15) is 90.8 Å². The summed E-state index contributed by atoms with van der Waals surface area (Å²) in [6, 6.07) is 16.9. The number of carbonyl (C=O) groups excluding carboxylic acids is 4. The van der Waals surface area contributed by atoms with Crippen LogP contribution in [0.4, 0.5) is 11.4 Å². The number of piperazine rings is 1. The van der Waals surface area contributed by atoms with Gasteiger partial charge in [0.15, 0.2) is 11.6 Å². The maximum Gasteiger partial charge on any atom is 0.251 e. The Morgan fingerprint density at radius 3 is 2.20 bits per heavy atom. The van der Waals surface area contributed by atoms with Crippen LogP contribution in [0.2, 0.25) is 0 Å². The number of ketones is 3. The minimum Gasteiger partial charge on any atom is -0.495 e. The SMILES string of the molecule is C#Cc1c(C)cc(OC2C(C)(C)C(CC(=O)c3ccc(N4CCO[C@@H](CN5CCN(c6ccc(C(=O)NC7CCC(=O)CC7=O)cc6OC)CC5)C4)cc3)C2(C)C)cc1C. The number of hydrogen-bond acceptors (Lipinski definition) is 10. The second kappa shape index (κ2) is 17.4. The molecule has 2 saturated carbocycles. The van der Waals surface area contributed by atoms with Crippen LogP contribution in [0, 0.1) is 42.9 Å². The van der Waals surface area contributed by atoms with E-state index in [-0.39, 0.29) is 58.6 Å². The van der Waals surface area contributed by atoms with Gasteiger partial charge in [0.25, 0.3) is 5.91 Å².